The second kappa shape index (κ2) is 5.88. The fourth-order valence-corrected chi connectivity index (χ4v) is 3.13. The summed E-state index contributed by atoms with van der Waals surface area (Å²) < 4.78 is 6.12. The number of hydrogen-bond acceptors (Lipinski definition) is 3. The summed E-state index contributed by atoms with van der Waals surface area (Å²) in [5.74, 6) is 0.492. The van der Waals surface area contributed by atoms with Crippen molar-refractivity contribution in [3.63, 3.8) is 0 Å². The summed E-state index contributed by atoms with van der Waals surface area (Å²) >= 11 is 0. The van der Waals surface area contributed by atoms with Crippen LogP contribution in [0.1, 0.15) is 24.0 Å². The molecule has 1 fully saturated rings. The zero-order chi connectivity index (χ0) is 12.0. The first-order valence-corrected chi connectivity index (χ1v) is 6.25. The average molecular weight is 305 g/mol. The maximum absolute atomic E-state index is 6.12. The van der Waals surface area contributed by atoms with Crippen molar-refractivity contribution in [2.45, 2.75) is 25.0 Å². The molecule has 0 aliphatic carbocycles. The second-order valence-electron chi connectivity index (χ2n) is 5.52. The fraction of sp³-hybridized carbons (Fsp3) is 0.571. The summed E-state index contributed by atoms with van der Waals surface area (Å²) in [5.41, 5.74) is 4.10. The predicted octanol–water partition coefficient (Wildman–Crippen LogP) is 2.57. The second-order valence-corrected chi connectivity index (χ2v) is 5.52. The van der Waals surface area contributed by atoms with Crippen molar-refractivity contribution < 1.29 is 4.74 Å². The van der Waals surface area contributed by atoms with Gasteiger partial charge in [-0.3, -0.25) is 0 Å². The van der Waals surface area contributed by atoms with Crippen LogP contribution < -0.4 is 10.2 Å². The van der Waals surface area contributed by atoms with Crippen molar-refractivity contribution in [2.24, 2.45) is 0 Å². The van der Waals surface area contributed by atoms with Gasteiger partial charge in [0.2, 0.25) is 0 Å². The summed E-state index contributed by atoms with van der Waals surface area (Å²) in [4.78, 5) is 2.17. The number of anilines is 1. The van der Waals surface area contributed by atoms with Crippen molar-refractivity contribution in [1.82, 2.24) is 5.32 Å². The summed E-state index contributed by atoms with van der Waals surface area (Å²) in [6.45, 7) is 4.95. The third-order valence-corrected chi connectivity index (χ3v) is 4.15. The van der Waals surface area contributed by atoms with Crippen LogP contribution >= 0.6 is 24.8 Å². The number of ether oxygens (including phenoxy) is 1. The van der Waals surface area contributed by atoms with Gasteiger partial charge in [0.05, 0.1) is 12.2 Å². The molecule has 1 N–H and O–H groups in total. The number of nitrogens with one attached hydrogen (secondary N) is 1. The third kappa shape index (κ3) is 2.57. The van der Waals surface area contributed by atoms with Crippen LogP contribution in [0.4, 0.5) is 5.69 Å². The Bertz CT molecular complexity index is 453. The van der Waals surface area contributed by atoms with Crippen molar-refractivity contribution in [1.29, 1.82) is 0 Å². The summed E-state index contributed by atoms with van der Waals surface area (Å²) in [7, 11) is 4.19. The largest absolute Gasteiger partial charge is 0.377 e. The molecule has 19 heavy (non-hydrogen) atoms. The minimum absolute atomic E-state index is 0. The van der Waals surface area contributed by atoms with E-state index in [1.807, 2.05) is 0 Å². The Balaban J connectivity index is 0.000000902. The molecule has 108 valence electrons. The zero-order valence-corrected chi connectivity index (χ0v) is 13.2. The van der Waals surface area contributed by atoms with Gasteiger partial charge in [-0.2, -0.15) is 0 Å². The van der Waals surface area contributed by atoms with Crippen molar-refractivity contribution in [2.75, 3.05) is 32.1 Å². The van der Waals surface area contributed by atoms with Gasteiger partial charge >= 0.3 is 0 Å². The third-order valence-electron chi connectivity index (χ3n) is 4.15. The normalized spacial score (nSPS) is 27.6. The minimum Gasteiger partial charge on any atom is -0.377 e. The standard InChI is InChI=1S/C14H20N2O.2ClH/c1-14-9-15-7-12(14)10-5-4-6-13(16(2)3)11(10)8-17-14;;/h4-6,12,15H,7-9H2,1-3H3;2*1H/t12-,14-;;/m1../s1. The lowest BCUT2D eigenvalue weighted by atomic mass is 9.81. The molecule has 0 radical (unpaired) electrons. The van der Waals surface area contributed by atoms with Gasteiger partial charge in [-0.25, -0.2) is 0 Å². The Morgan fingerprint density at radius 2 is 2.05 bits per heavy atom. The van der Waals surface area contributed by atoms with Crippen LogP contribution in [0.3, 0.4) is 0 Å². The Labute approximate surface area is 127 Å². The molecule has 0 unspecified atom stereocenters. The molecule has 0 aromatic heterocycles. The van der Waals surface area contributed by atoms with E-state index < -0.39 is 0 Å². The van der Waals surface area contributed by atoms with Crippen LogP contribution in [0, 0.1) is 0 Å². The minimum atomic E-state index is -0.0159. The molecule has 0 amide bonds. The summed E-state index contributed by atoms with van der Waals surface area (Å²) in [6.07, 6.45) is 0. The number of benzene rings is 1. The lowest BCUT2D eigenvalue weighted by Crippen LogP contribution is -2.40. The lowest BCUT2D eigenvalue weighted by molar-refractivity contribution is -0.0515. The Morgan fingerprint density at radius 3 is 2.74 bits per heavy atom. The zero-order valence-electron chi connectivity index (χ0n) is 11.6. The van der Waals surface area contributed by atoms with Crippen LogP contribution in [0.15, 0.2) is 18.2 Å². The topological polar surface area (TPSA) is 24.5 Å². The molecular weight excluding hydrogens is 283 g/mol. The van der Waals surface area contributed by atoms with Crippen LogP contribution in [-0.2, 0) is 11.3 Å². The van der Waals surface area contributed by atoms with Crippen LogP contribution in [-0.4, -0.2) is 32.8 Å². The Kier molecular flexibility index (Phi) is 5.13. The van der Waals surface area contributed by atoms with E-state index in [0.29, 0.717) is 5.92 Å². The van der Waals surface area contributed by atoms with E-state index >= 15 is 0 Å². The van der Waals surface area contributed by atoms with Gasteiger partial charge in [0.25, 0.3) is 0 Å². The van der Waals surface area contributed by atoms with Crippen molar-refractivity contribution in [3.05, 3.63) is 29.3 Å². The summed E-state index contributed by atoms with van der Waals surface area (Å²) in [5, 5.41) is 3.46. The van der Waals surface area contributed by atoms with Crippen LogP contribution in [0.5, 0.6) is 0 Å². The molecule has 1 saturated heterocycles. The van der Waals surface area contributed by atoms with Gasteiger partial charge in [-0.1, -0.05) is 12.1 Å². The van der Waals surface area contributed by atoms with Gasteiger partial charge in [-0.05, 0) is 18.6 Å². The molecule has 3 rings (SSSR count). The predicted molar refractivity (Wildman–Crippen MR) is 84.1 cm³/mol. The molecule has 2 aliphatic rings. The lowest BCUT2D eigenvalue weighted by Gasteiger charge is -2.38. The van der Waals surface area contributed by atoms with Crippen molar-refractivity contribution in [3.8, 4) is 0 Å². The molecular formula is C14H22Cl2N2O. The molecule has 5 heteroatoms. The maximum atomic E-state index is 6.12. The van der Waals surface area contributed by atoms with Gasteiger partial charge in [0, 0.05) is 44.4 Å². The van der Waals surface area contributed by atoms with Crippen LogP contribution in [0.25, 0.3) is 0 Å². The van der Waals surface area contributed by atoms with Gasteiger partial charge in [0.15, 0.2) is 0 Å². The van der Waals surface area contributed by atoms with Crippen molar-refractivity contribution >= 4 is 30.5 Å². The van der Waals surface area contributed by atoms with E-state index in [2.05, 4.69) is 49.4 Å². The highest BCUT2D eigenvalue weighted by Crippen LogP contribution is 2.43. The first-order valence-electron chi connectivity index (χ1n) is 6.25. The first-order chi connectivity index (χ1) is 8.12. The number of fused-ring (bicyclic) bond motifs is 3. The first kappa shape index (κ1) is 16.6. The molecule has 0 bridgehead atoms. The quantitative estimate of drug-likeness (QED) is 0.863. The highest BCUT2D eigenvalue weighted by Gasteiger charge is 2.44. The number of rotatable bonds is 1. The Morgan fingerprint density at radius 1 is 1.32 bits per heavy atom. The fourth-order valence-electron chi connectivity index (χ4n) is 3.13. The molecule has 2 heterocycles. The van der Waals surface area contributed by atoms with Gasteiger partial charge in [0.1, 0.15) is 0 Å². The number of hydrogen-bond donors (Lipinski definition) is 1. The highest BCUT2D eigenvalue weighted by atomic mass is 35.5. The van der Waals surface area contributed by atoms with E-state index in [0.717, 1.165) is 19.7 Å². The van der Waals surface area contributed by atoms with Gasteiger partial charge in [-0.15, -0.1) is 24.8 Å². The Hall–Kier alpha value is -0.480. The summed E-state index contributed by atoms with van der Waals surface area (Å²) in [6, 6.07) is 6.60. The number of halogens is 2. The molecule has 2 aliphatic heterocycles. The van der Waals surface area contributed by atoms with Gasteiger partial charge < -0.3 is 15.0 Å². The van der Waals surface area contributed by atoms with E-state index in [1.165, 1.54) is 16.8 Å². The smallest absolute Gasteiger partial charge is 0.0863 e. The van der Waals surface area contributed by atoms with E-state index in [9.17, 15) is 0 Å². The molecule has 0 spiro atoms. The van der Waals surface area contributed by atoms with E-state index in [1.54, 1.807) is 0 Å². The SMILES string of the molecule is CN(C)c1cccc2c1CO[C@]1(C)CNC[C@H]21.Cl.Cl. The molecule has 3 nitrogen and oxygen atoms in total. The van der Waals surface area contributed by atoms with Crippen LogP contribution in [0.2, 0.25) is 0 Å². The number of nitrogens with zero attached hydrogens (tertiary/aromatic N) is 1. The molecule has 1 aromatic rings. The highest BCUT2D eigenvalue weighted by molar-refractivity contribution is 5.85. The molecule has 2 atom stereocenters. The monoisotopic (exact) mass is 304 g/mol. The van der Waals surface area contributed by atoms with E-state index in [4.69, 9.17) is 4.74 Å². The molecule has 1 aromatic carbocycles. The molecule has 0 saturated carbocycles. The van der Waals surface area contributed by atoms with E-state index in [-0.39, 0.29) is 30.4 Å². The average Bonchev–Trinajstić information content (AvgIpc) is 2.70. The maximum Gasteiger partial charge on any atom is 0.0863 e.